The summed E-state index contributed by atoms with van der Waals surface area (Å²) in [6.45, 7) is 0.648. The molecule has 0 aromatic carbocycles. The first kappa shape index (κ1) is 10.1. The van der Waals surface area contributed by atoms with Gasteiger partial charge in [0, 0.05) is 25.4 Å². The highest BCUT2D eigenvalue weighted by Gasteiger charge is 2.54. The number of amides is 1. The van der Waals surface area contributed by atoms with E-state index in [9.17, 15) is 13.6 Å². The second-order valence-corrected chi connectivity index (χ2v) is 4.37. The van der Waals surface area contributed by atoms with E-state index in [-0.39, 0.29) is 30.7 Å². The van der Waals surface area contributed by atoms with Crippen LogP contribution in [0.4, 0.5) is 8.78 Å². The van der Waals surface area contributed by atoms with Gasteiger partial charge < -0.3 is 4.90 Å². The lowest BCUT2D eigenvalue weighted by Crippen LogP contribution is -2.33. The summed E-state index contributed by atoms with van der Waals surface area (Å²) < 4.78 is 26.5. The van der Waals surface area contributed by atoms with Crippen LogP contribution in [0.1, 0.15) is 12.8 Å². The van der Waals surface area contributed by atoms with Gasteiger partial charge in [-0.25, -0.2) is 8.78 Å². The summed E-state index contributed by atoms with van der Waals surface area (Å²) >= 11 is 5.38. The van der Waals surface area contributed by atoms with Crippen LogP contribution in [0, 0.1) is 11.8 Å². The first-order valence-corrected chi connectivity index (χ1v) is 5.29. The molecule has 14 heavy (non-hydrogen) atoms. The number of halogens is 3. The van der Waals surface area contributed by atoms with Gasteiger partial charge in [0.25, 0.3) is 5.92 Å². The molecule has 1 aliphatic heterocycles. The number of alkyl halides is 3. The Morgan fingerprint density at radius 1 is 1.50 bits per heavy atom. The zero-order chi connectivity index (χ0) is 10.3. The average Bonchev–Trinajstić information content (AvgIpc) is 2.67. The molecule has 1 aliphatic carbocycles. The van der Waals surface area contributed by atoms with E-state index in [4.69, 9.17) is 11.6 Å². The van der Waals surface area contributed by atoms with E-state index in [1.807, 2.05) is 0 Å². The van der Waals surface area contributed by atoms with Crippen LogP contribution in [-0.2, 0) is 4.79 Å². The van der Waals surface area contributed by atoms with Gasteiger partial charge in [0.15, 0.2) is 0 Å². The van der Waals surface area contributed by atoms with Crippen molar-refractivity contribution in [2.75, 3.05) is 19.0 Å². The van der Waals surface area contributed by atoms with Crippen molar-refractivity contribution >= 4 is 17.5 Å². The molecule has 0 bridgehead atoms. The molecule has 2 fully saturated rings. The van der Waals surface area contributed by atoms with Crippen molar-refractivity contribution in [1.29, 1.82) is 0 Å². The summed E-state index contributed by atoms with van der Waals surface area (Å²) in [4.78, 5) is 12.7. The minimum absolute atomic E-state index is 0.0165. The van der Waals surface area contributed by atoms with Crippen LogP contribution in [0.2, 0.25) is 0 Å². The zero-order valence-corrected chi connectivity index (χ0v) is 8.44. The van der Waals surface area contributed by atoms with E-state index in [1.54, 1.807) is 0 Å². The Morgan fingerprint density at radius 3 is 2.79 bits per heavy atom. The Hall–Kier alpha value is -0.380. The maximum absolute atomic E-state index is 13.3. The third-order valence-corrected chi connectivity index (χ3v) is 3.53. The van der Waals surface area contributed by atoms with Crippen molar-refractivity contribution in [3.05, 3.63) is 0 Å². The van der Waals surface area contributed by atoms with Crippen molar-refractivity contribution in [1.82, 2.24) is 4.90 Å². The molecule has 0 unspecified atom stereocenters. The molecule has 2 atom stereocenters. The number of carbonyl (C=O) groups is 1. The van der Waals surface area contributed by atoms with Crippen molar-refractivity contribution in [2.45, 2.75) is 18.8 Å². The van der Waals surface area contributed by atoms with E-state index in [0.717, 1.165) is 0 Å². The van der Waals surface area contributed by atoms with Gasteiger partial charge in [0.2, 0.25) is 5.91 Å². The minimum atomic E-state index is -2.58. The fraction of sp³-hybridized carbons (Fsp3) is 0.889. The maximum atomic E-state index is 13.3. The maximum Gasteiger partial charge on any atom is 0.252 e. The van der Waals surface area contributed by atoms with Crippen LogP contribution in [0.25, 0.3) is 0 Å². The van der Waals surface area contributed by atoms with E-state index in [1.165, 1.54) is 4.90 Å². The molecular formula is C9H12ClF2NO. The molecule has 0 N–H and O–H groups in total. The van der Waals surface area contributed by atoms with Crippen molar-refractivity contribution in [2.24, 2.45) is 11.8 Å². The molecule has 2 rings (SSSR count). The molecule has 1 saturated heterocycles. The summed E-state index contributed by atoms with van der Waals surface area (Å²) in [6.07, 6.45) is 0.509. The van der Waals surface area contributed by atoms with Gasteiger partial charge in [-0.3, -0.25) is 4.79 Å². The Morgan fingerprint density at radius 2 is 2.21 bits per heavy atom. The highest BCUT2D eigenvalue weighted by molar-refractivity contribution is 6.27. The largest absolute Gasteiger partial charge is 0.341 e. The number of fused-ring (bicyclic) bond motifs is 1. The highest BCUT2D eigenvalue weighted by Crippen LogP contribution is 2.48. The van der Waals surface area contributed by atoms with Crippen molar-refractivity contribution in [3.8, 4) is 0 Å². The van der Waals surface area contributed by atoms with Gasteiger partial charge in [-0.15, -0.1) is 11.6 Å². The average molecular weight is 224 g/mol. The van der Waals surface area contributed by atoms with Gasteiger partial charge in [-0.1, -0.05) is 0 Å². The molecule has 80 valence electrons. The van der Waals surface area contributed by atoms with Crippen LogP contribution in [0.15, 0.2) is 0 Å². The fourth-order valence-corrected chi connectivity index (χ4v) is 2.66. The molecule has 0 aromatic heterocycles. The number of carbonyl (C=O) groups excluding carboxylic acids is 1. The number of hydrogen-bond acceptors (Lipinski definition) is 1. The van der Waals surface area contributed by atoms with Gasteiger partial charge in [0.1, 0.15) is 5.88 Å². The smallest absolute Gasteiger partial charge is 0.252 e. The third-order valence-electron chi connectivity index (χ3n) is 3.30. The highest BCUT2D eigenvalue weighted by atomic mass is 35.5. The second kappa shape index (κ2) is 3.33. The standard InChI is InChI=1S/C9H12ClF2NO/c10-3-8(14)13-4-6-1-2-9(11,12)7(6)5-13/h6-7H,1-5H2/t6-,7+/m0/s1. The number of nitrogens with zero attached hydrogens (tertiary/aromatic N) is 1. The van der Waals surface area contributed by atoms with Gasteiger partial charge in [-0.05, 0) is 12.3 Å². The lowest BCUT2D eigenvalue weighted by Gasteiger charge is -2.19. The molecular weight excluding hydrogens is 212 g/mol. The van der Waals surface area contributed by atoms with Crippen molar-refractivity contribution < 1.29 is 13.6 Å². The quantitative estimate of drug-likeness (QED) is 0.620. The normalized spacial score (nSPS) is 34.6. The van der Waals surface area contributed by atoms with E-state index in [2.05, 4.69) is 0 Å². The summed E-state index contributed by atoms with van der Waals surface area (Å²) in [7, 11) is 0. The first-order valence-electron chi connectivity index (χ1n) is 4.76. The molecule has 0 spiro atoms. The third kappa shape index (κ3) is 1.49. The molecule has 2 nitrogen and oxygen atoms in total. The molecule has 1 amide bonds. The summed E-state index contributed by atoms with van der Waals surface area (Å²) in [5.41, 5.74) is 0. The first-order chi connectivity index (χ1) is 6.54. The Kier molecular flexibility index (Phi) is 2.41. The predicted molar refractivity (Wildman–Crippen MR) is 48.5 cm³/mol. The van der Waals surface area contributed by atoms with E-state index < -0.39 is 11.8 Å². The number of likely N-dealkylation sites (tertiary alicyclic amines) is 1. The summed E-state index contributed by atoms with van der Waals surface area (Å²) in [5.74, 6) is -3.56. The monoisotopic (exact) mass is 223 g/mol. The van der Waals surface area contributed by atoms with Gasteiger partial charge in [-0.2, -0.15) is 0 Å². The van der Waals surface area contributed by atoms with Crippen LogP contribution >= 0.6 is 11.6 Å². The SMILES string of the molecule is O=C(CCl)N1C[C@@H]2CCC(F)(F)[C@@H]2C1. The van der Waals surface area contributed by atoms with Crippen LogP contribution < -0.4 is 0 Å². The molecule has 0 aromatic rings. The predicted octanol–water partition coefficient (Wildman–Crippen LogP) is 1.73. The molecule has 1 saturated carbocycles. The Labute approximate surface area is 86.2 Å². The second-order valence-electron chi connectivity index (χ2n) is 4.10. The Balaban J connectivity index is 2.05. The summed E-state index contributed by atoms with van der Waals surface area (Å²) in [5, 5.41) is 0. The lowest BCUT2D eigenvalue weighted by molar-refractivity contribution is -0.128. The zero-order valence-electron chi connectivity index (χ0n) is 7.68. The molecule has 2 aliphatic rings. The summed E-state index contributed by atoms with van der Waals surface area (Å²) in [6, 6.07) is 0. The van der Waals surface area contributed by atoms with E-state index >= 15 is 0 Å². The molecule has 5 heteroatoms. The van der Waals surface area contributed by atoms with Gasteiger partial charge in [0.05, 0.1) is 0 Å². The number of hydrogen-bond donors (Lipinski definition) is 0. The molecule has 0 radical (unpaired) electrons. The van der Waals surface area contributed by atoms with Gasteiger partial charge >= 0.3 is 0 Å². The van der Waals surface area contributed by atoms with Crippen LogP contribution in [0.5, 0.6) is 0 Å². The fourth-order valence-electron chi connectivity index (χ4n) is 2.49. The minimum Gasteiger partial charge on any atom is -0.341 e. The topological polar surface area (TPSA) is 20.3 Å². The van der Waals surface area contributed by atoms with Crippen LogP contribution in [-0.4, -0.2) is 35.7 Å². The Bertz CT molecular complexity index is 259. The number of rotatable bonds is 1. The molecule has 1 heterocycles. The van der Waals surface area contributed by atoms with Crippen molar-refractivity contribution in [3.63, 3.8) is 0 Å². The lowest BCUT2D eigenvalue weighted by atomic mass is 9.99. The van der Waals surface area contributed by atoms with E-state index in [0.29, 0.717) is 13.0 Å². The van der Waals surface area contributed by atoms with Crippen LogP contribution in [0.3, 0.4) is 0 Å².